The fourth-order valence-electron chi connectivity index (χ4n) is 7.10. The van der Waals surface area contributed by atoms with Gasteiger partial charge in [-0.15, -0.1) is 0 Å². The molecule has 4 N–H and O–H groups in total. The number of aryl methyl sites for hydroxylation is 1. The van der Waals surface area contributed by atoms with Crippen LogP contribution in [0, 0.1) is 11.3 Å². The molecule has 2 saturated carbocycles. The molecular weight excluding hydrogens is 464 g/mol. The van der Waals surface area contributed by atoms with Crippen molar-refractivity contribution in [2.45, 2.75) is 76.9 Å². The molecule has 3 aromatic heterocycles. The molecule has 0 bridgehead atoms. The lowest BCUT2D eigenvalue weighted by Gasteiger charge is -2.24. The Morgan fingerprint density at radius 2 is 1.92 bits per heavy atom. The number of anilines is 2. The van der Waals surface area contributed by atoms with Gasteiger partial charge in [-0.1, -0.05) is 26.0 Å². The summed E-state index contributed by atoms with van der Waals surface area (Å²) in [5.74, 6) is 1.35. The van der Waals surface area contributed by atoms with Crippen LogP contribution < -0.4 is 11.5 Å². The van der Waals surface area contributed by atoms with Gasteiger partial charge in [0.25, 0.3) is 0 Å². The minimum Gasteiger partial charge on any atom is -0.383 e. The predicted octanol–water partition coefficient (Wildman–Crippen LogP) is 4.98. The number of hydrogen-bond donors (Lipinski definition) is 2. The summed E-state index contributed by atoms with van der Waals surface area (Å²) in [7, 11) is 0. The van der Waals surface area contributed by atoms with Crippen LogP contribution in [0.25, 0.3) is 21.9 Å². The maximum atomic E-state index is 6.58. The lowest BCUT2D eigenvalue weighted by atomic mass is 9.91. The second kappa shape index (κ2) is 7.65. The van der Waals surface area contributed by atoms with E-state index >= 15 is 0 Å². The van der Waals surface area contributed by atoms with Gasteiger partial charge in [0.05, 0.1) is 23.0 Å². The lowest BCUT2D eigenvalue weighted by molar-refractivity contribution is -0.161. The quantitative estimate of drug-likeness (QED) is 0.399. The first-order valence-electron chi connectivity index (χ1n) is 13.3. The van der Waals surface area contributed by atoms with E-state index in [2.05, 4.69) is 58.8 Å². The van der Waals surface area contributed by atoms with Gasteiger partial charge in [0.2, 0.25) is 0 Å². The summed E-state index contributed by atoms with van der Waals surface area (Å²) in [6.45, 7) is 8.34. The minimum atomic E-state index is -0.608. The molecule has 2 aliphatic carbocycles. The van der Waals surface area contributed by atoms with Crippen molar-refractivity contribution in [3.05, 3.63) is 54.0 Å². The summed E-state index contributed by atoms with van der Waals surface area (Å²) in [6.07, 6.45) is 6.78. The van der Waals surface area contributed by atoms with Crippen LogP contribution in [0.4, 0.5) is 11.6 Å². The molecule has 8 nitrogen and oxygen atoms in total. The average molecular weight is 499 g/mol. The van der Waals surface area contributed by atoms with Crippen LogP contribution >= 0.6 is 0 Å². The molecule has 3 fully saturated rings. The van der Waals surface area contributed by atoms with E-state index in [4.69, 9.17) is 25.9 Å². The number of aromatic nitrogens is 4. The summed E-state index contributed by atoms with van der Waals surface area (Å²) in [6, 6.07) is 11.0. The van der Waals surface area contributed by atoms with Gasteiger partial charge in [0.1, 0.15) is 29.7 Å². The van der Waals surface area contributed by atoms with Crippen molar-refractivity contribution < 1.29 is 9.47 Å². The van der Waals surface area contributed by atoms with E-state index in [-0.39, 0.29) is 23.7 Å². The Balaban J connectivity index is 1.19. The van der Waals surface area contributed by atoms with E-state index in [0.717, 1.165) is 46.8 Å². The van der Waals surface area contributed by atoms with Crippen LogP contribution in [0.1, 0.15) is 63.6 Å². The monoisotopic (exact) mass is 498 g/mol. The molecule has 1 aliphatic heterocycles. The van der Waals surface area contributed by atoms with E-state index in [1.54, 1.807) is 6.33 Å². The van der Waals surface area contributed by atoms with Crippen molar-refractivity contribution in [2.24, 2.45) is 11.3 Å². The van der Waals surface area contributed by atoms with Gasteiger partial charge >= 0.3 is 0 Å². The second-order valence-corrected chi connectivity index (χ2v) is 11.9. The maximum Gasteiger partial charge on any atom is 0.163 e. The van der Waals surface area contributed by atoms with E-state index < -0.39 is 5.79 Å². The third-order valence-electron chi connectivity index (χ3n) is 8.93. The third kappa shape index (κ3) is 3.38. The average Bonchev–Trinajstić information content (AvgIpc) is 3.10. The topological polar surface area (TPSA) is 114 Å². The molecule has 192 valence electrons. The Hall–Kier alpha value is -3.23. The zero-order valence-corrected chi connectivity index (χ0v) is 21.8. The predicted molar refractivity (Wildman–Crippen MR) is 144 cm³/mol. The zero-order valence-electron chi connectivity index (χ0n) is 21.8. The van der Waals surface area contributed by atoms with Crippen LogP contribution in [-0.4, -0.2) is 37.5 Å². The number of ether oxygens (including phenoxy) is 2. The Kier molecular flexibility index (Phi) is 4.74. The molecule has 0 unspecified atom stereocenters. The standard InChI is InChI=1S/C29H34N6O2/c1-15(2)19-12-17-6-5-16(11-21(17)34-26(19)31)7-9-29-13-20(29)22(23-24(29)37-28(3,4)36-23)35-10-8-18-25(30)32-14-33-27(18)35/h5-6,8,10-12,14-15,20,22-24H,7,9,13H2,1-4H3,(H2,31,34)(H2,30,32,33)/t20-,22-,23+,24+,29+/m1/s1. The normalized spacial score (nSPS) is 29.8. The maximum absolute atomic E-state index is 6.58. The van der Waals surface area contributed by atoms with Crippen molar-refractivity contribution in [1.82, 2.24) is 19.5 Å². The molecule has 0 radical (unpaired) electrons. The number of pyridine rings is 1. The van der Waals surface area contributed by atoms with Gasteiger partial charge < -0.3 is 25.5 Å². The second-order valence-electron chi connectivity index (χ2n) is 11.9. The largest absolute Gasteiger partial charge is 0.383 e. The number of nitrogens with two attached hydrogens (primary N) is 2. The van der Waals surface area contributed by atoms with Crippen LogP contribution in [-0.2, 0) is 15.9 Å². The highest BCUT2D eigenvalue weighted by Gasteiger charge is 2.75. The molecule has 8 heteroatoms. The molecule has 7 rings (SSSR count). The van der Waals surface area contributed by atoms with Gasteiger partial charge in [-0.3, -0.25) is 0 Å². The summed E-state index contributed by atoms with van der Waals surface area (Å²) in [5, 5.41) is 2.03. The number of nitrogens with zero attached hydrogens (tertiary/aromatic N) is 4. The summed E-state index contributed by atoms with van der Waals surface area (Å²) in [4.78, 5) is 13.5. The van der Waals surface area contributed by atoms with Crippen LogP contribution in [0.15, 0.2) is 42.9 Å². The Morgan fingerprint density at radius 3 is 2.73 bits per heavy atom. The fraction of sp³-hybridized carbons (Fsp3) is 0.483. The minimum absolute atomic E-state index is 0.0203. The first-order valence-corrected chi connectivity index (χ1v) is 13.3. The zero-order chi connectivity index (χ0) is 25.7. The number of hydrogen-bond acceptors (Lipinski definition) is 7. The first-order chi connectivity index (χ1) is 17.7. The SMILES string of the molecule is CC(C)c1cc2ccc(CC[C@]34C[C@@H]3[C@@H](n3ccc5c(N)ncnc53)[C@@H]3OC(C)(C)O[C@@H]34)cc2nc1N. The number of fused-ring (bicyclic) bond motifs is 5. The summed E-state index contributed by atoms with van der Waals surface area (Å²) >= 11 is 0. The van der Waals surface area contributed by atoms with E-state index in [1.165, 1.54) is 5.56 Å². The molecule has 1 saturated heterocycles. The number of benzene rings is 1. The molecule has 3 aliphatic rings. The van der Waals surface area contributed by atoms with Gasteiger partial charge in [-0.05, 0) is 74.3 Å². The number of rotatable bonds is 5. The van der Waals surface area contributed by atoms with Crippen molar-refractivity contribution >= 4 is 33.6 Å². The Morgan fingerprint density at radius 1 is 1.08 bits per heavy atom. The fourth-order valence-corrected chi connectivity index (χ4v) is 7.10. The van der Waals surface area contributed by atoms with Gasteiger partial charge in [0, 0.05) is 17.0 Å². The highest BCUT2D eigenvalue weighted by atomic mass is 16.8. The van der Waals surface area contributed by atoms with E-state index in [9.17, 15) is 0 Å². The molecule has 1 aromatic carbocycles. The molecule has 4 aromatic rings. The van der Waals surface area contributed by atoms with Gasteiger partial charge in [-0.25, -0.2) is 15.0 Å². The molecule has 4 heterocycles. The van der Waals surface area contributed by atoms with Crippen molar-refractivity contribution in [3.63, 3.8) is 0 Å². The number of nitrogen functional groups attached to an aromatic ring is 2. The van der Waals surface area contributed by atoms with Crippen LogP contribution in [0.3, 0.4) is 0 Å². The Labute approximate surface area is 216 Å². The summed E-state index contributed by atoms with van der Waals surface area (Å²) < 4.78 is 15.4. The highest BCUT2D eigenvalue weighted by molar-refractivity contribution is 5.86. The first kappa shape index (κ1) is 22.9. The summed E-state index contributed by atoms with van der Waals surface area (Å²) in [5.41, 5.74) is 16.7. The highest BCUT2D eigenvalue weighted by Crippen LogP contribution is 2.73. The van der Waals surface area contributed by atoms with E-state index in [1.807, 2.05) is 19.9 Å². The molecular formula is C29H34N6O2. The van der Waals surface area contributed by atoms with Crippen molar-refractivity contribution in [3.8, 4) is 0 Å². The van der Waals surface area contributed by atoms with Crippen LogP contribution in [0.2, 0.25) is 0 Å². The lowest BCUT2D eigenvalue weighted by Crippen LogP contribution is -2.32. The van der Waals surface area contributed by atoms with Crippen LogP contribution in [0.5, 0.6) is 0 Å². The van der Waals surface area contributed by atoms with E-state index in [0.29, 0.717) is 23.5 Å². The van der Waals surface area contributed by atoms with Crippen molar-refractivity contribution in [1.29, 1.82) is 0 Å². The molecule has 0 amide bonds. The molecule has 5 atom stereocenters. The van der Waals surface area contributed by atoms with Gasteiger partial charge in [-0.2, -0.15) is 0 Å². The molecule has 0 spiro atoms. The smallest absolute Gasteiger partial charge is 0.163 e. The van der Waals surface area contributed by atoms with Crippen molar-refractivity contribution in [2.75, 3.05) is 11.5 Å². The molecule has 37 heavy (non-hydrogen) atoms. The Bertz CT molecular complexity index is 1540. The third-order valence-corrected chi connectivity index (χ3v) is 8.93. The van der Waals surface area contributed by atoms with Gasteiger partial charge in [0.15, 0.2) is 5.79 Å².